The third kappa shape index (κ3) is 5.61. The third-order valence-electron chi connectivity index (χ3n) is 3.54. The van der Waals surface area contributed by atoms with Crippen molar-refractivity contribution < 1.29 is 4.74 Å². The number of nitrogens with two attached hydrogens (primary N) is 2. The molecule has 4 nitrogen and oxygen atoms in total. The molecule has 0 spiro atoms. The second kappa shape index (κ2) is 7.90. The fourth-order valence-corrected chi connectivity index (χ4v) is 2.38. The molecular formula is C16H26N3O. The number of ether oxygens (including phenoxy) is 1. The lowest BCUT2D eigenvalue weighted by Gasteiger charge is -2.29. The molecule has 0 aliphatic heterocycles. The first-order valence-electron chi connectivity index (χ1n) is 7.02. The number of hydrogen-bond acceptors (Lipinski definition) is 3. The summed E-state index contributed by atoms with van der Waals surface area (Å²) in [4.78, 5) is 0. The van der Waals surface area contributed by atoms with Gasteiger partial charge < -0.3 is 16.2 Å². The second-order valence-electron chi connectivity index (χ2n) is 5.49. The van der Waals surface area contributed by atoms with E-state index in [2.05, 4.69) is 25.5 Å². The number of hydrogen-bond donors (Lipinski definition) is 3. The third-order valence-corrected chi connectivity index (χ3v) is 3.54. The summed E-state index contributed by atoms with van der Waals surface area (Å²) in [5.74, 6) is 1.11. The zero-order valence-corrected chi connectivity index (χ0v) is 12.5. The van der Waals surface area contributed by atoms with Crippen LogP contribution in [0, 0.1) is 17.2 Å². The van der Waals surface area contributed by atoms with Gasteiger partial charge in [0, 0.05) is 6.42 Å². The summed E-state index contributed by atoms with van der Waals surface area (Å²) in [5.41, 5.74) is 12.4. The van der Waals surface area contributed by atoms with Gasteiger partial charge in [0.2, 0.25) is 0 Å². The van der Waals surface area contributed by atoms with Crippen LogP contribution in [0.4, 0.5) is 0 Å². The molecule has 0 aromatic heterocycles. The van der Waals surface area contributed by atoms with Gasteiger partial charge in [-0.1, -0.05) is 19.1 Å². The fraction of sp³-hybridized carbons (Fsp3) is 0.500. The maximum absolute atomic E-state index is 7.30. The van der Waals surface area contributed by atoms with Crippen LogP contribution >= 0.6 is 0 Å². The van der Waals surface area contributed by atoms with E-state index < -0.39 is 0 Å². The fourth-order valence-electron chi connectivity index (χ4n) is 2.38. The summed E-state index contributed by atoms with van der Waals surface area (Å²) in [7, 11) is 1.67. The van der Waals surface area contributed by atoms with Gasteiger partial charge in [0.05, 0.1) is 12.9 Å². The number of rotatable bonds is 9. The molecule has 0 bridgehead atoms. The molecule has 111 valence electrons. The van der Waals surface area contributed by atoms with Crippen molar-refractivity contribution >= 4 is 5.84 Å². The molecule has 1 rings (SSSR count). The van der Waals surface area contributed by atoms with E-state index in [9.17, 15) is 0 Å². The van der Waals surface area contributed by atoms with E-state index in [4.69, 9.17) is 21.6 Å². The van der Waals surface area contributed by atoms with Gasteiger partial charge >= 0.3 is 0 Å². The summed E-state index contributed by atoms with van der Waals surface area (Å²) in [6, 6.07) is 8.03. The van der Waals surface area contributed by atoms with Gasteiger partial charge in [-0.25, -0.2) is 0 Å². The first kappa shape index (κ1) is 16.5. The molecule has 1 radical (unpaired) electrons. The molecule has 4 heteroatoms. The first-order valence-corrected chi connectivity index (χ1v) is 7.02. The van der Waals surface area contributed by atoms with Crippen molar-refractivity contribution in [2.45, 2.75) is 32.6 Å². The van der Waals surface area contributed by atoms with Gasteiger partial charge in [0.15, 0.2) is 0 Å². The maximum atomic E-state index is 7.30. The molecule has 0 saturated heterocycles. The molecule has 0 amide bonds. The highest BCUT2D eigenvalue weighted by atomic mass is 16.5. The standard InChI is InChI=1S/C16H26N3O/c1-16(10-11-17,9-3-4-15(18)19)12-13-5-7-14(20-2)8-6-13/h5-8,12H,3-4,9-11,17H2,1-2H3,(H3,18,19). The Morgan fingerprint density at radius 2 is 1.95 bits per heavy atom. The van der Waals surface area contributed by atoms with Crippen LogP contribution in [0.2, 0.25) is 0 Å². The Kier molecular flexibility index (Phi) is 6.52. The molecule has 1 aromatic rings. The van der Waals surface area contributed by atoms with Crippen LogP contribution in [-0.2, 0) is 0 Å². The van der Waals surface area contributed by atoms with Crippen molar-refractivity contribution in [1.29, 1.82) is 5.41 Å². The van der Waals surface area contributed by atoms with Gasteiger partial charge in [0.1, 0.15) is 5.75 Å². The minimum atomic E-state index is 0.0405. The Bertz CT molecular complexity index is 416. The number of nitrogens with one attached hydrogen (secondary N) is 1. The van der Waals surface area contributed by atoms with E-state index in [0.717, 1.165) is 25.0 Å². The molecule has 0 heterocycles. The van der Waals surface area contributed by atoms with Crippen LogP contribution in [0.5, 0.6) is 5.75 Å². The lowest BCUT2D eigenvalue weighted by molar-refractivity contribution is 0.333. The smallest absolute Gasteiger partial charge is 0.118 e. The van der Waals surface area contributed by atoms with E-state index in [0.29, 0.717) is 13.0 Å². The zero-order valence-electron chi connectivity index (χ0n) is 12.5. The molecule has 1 aromatic carbocycles. The molecule has 1 unspecified atom stereocenters. The van der Waals surface area contributed by atoms with E-state index in [1.807, 2.05) is 12.1 Å². The van der Waals surface area contributed by atoms with Crippen molar-refractivity contribution in [2.75, 3.05) is 13.7 Å². The average Bonchev–Trinajstić information content (AvgIpc) is 2.39. The Hall–Kier alpha value is -1.55. The Morgan fingerprint density at radius 3 is 2.45 bits per heavy atom. The number of methoxy groups -OCH3 is 1. The van der Waals surface area contributed by atoms with Crippen molar-refractivity contribution in [3.05, 3.63) is 36.2 Å². The zero-order chi connectivity index (χ0) is 15.0. The maximum Gasteiger partial charge on any atom is 0.118 e. The van der Waals surface area contributed by atoms with Crippen LogP contribution in [0.1, 0.15) is 38.2 Å². The van der Waals surface area contributed by atoms with Gasteiger partial charge in [0.25, 0.3) is 0 Å². The molecule has 0 fully saturated rings. The summed E-state index contributed by atoms with van der Waals surface area (Å²) in [6.45, 7) is 2.87. The highest BCUT2D eigenvalue weighted by Crippen LogP contribution is 2.34. The lowest BCUT2D eigenvalue weighted by atomic mass is 9.76. The molecular weight excluding hydrogens is 250 g/mol. The molecule has 0 aliphatic rings. The lowest BCUT2D eigenvalue weighted by Crippen LogP contribution is -2.23. The summed E-state index contributed by atoms with van der Waals surface area (Å²) >= 11 is 0. The molecule has 0 aliphatic carbocycles. The van der Waals surface area contributed by atoms with Gasteiger partial charge in [-0.3, -0.25) is 5.41 Å². The number of amidine groups is 1. The summed E-state index contributed by atoms with van der Waals surface area (Å²) in [6.07, 6.45) is 5.74. The summed E-state index contributed by atoms with van der Waals surface area (Å²) in [5, 5.41) is 7.30. The predicted molar refractivity (Wildman–Crippen MR) is 83.9 cm³/mol. The predicted octanol–water partition coefficient (Wildman–Crippen LogP) is 2.71. The van der Waals surface area contributed by atoms with Crippen LogP contribution < -0.4 is 16.2 Å². The largest absolute Gasteiger partial charge is 0.497 e. The van der Waals surface area contributed by atoms with E-state index in [1.54, 1.807) is 7.11 Å². The summed E-state index contributed by atoms with van der Waals surface area (Å²) < 4.78 is 5.17. The van der Waals surface area contributed by atoms with E-state index in [-0.39, 0.29) is 11.3 Å². The highest BCUT2D eigenvalue weighted by molar-refractivity contribution is 5.76. The Labute approximate surface area is 122 Å². The van der Waals surface area contributed by atoms with Gasteiger partial charge in [-0.15, -0.1) is 0 Å². The van der Waals surface area contributed by atoms with Crippen LogP contribution in [0.3, 0.4) is 0 Å². The Morgan fingerprint density at radius 1 is 1.30 bits per heavy atom. The minimum Gasteiger partial charge on any atom is -0.497 e. The van der Waals surface area contributed by atoms with E-state index in [1.165, 1.54) is 5.56 Å². The highest BCUT2D eigenvalue weighted by Gasteiger charge is 2.24. The average molecular weight is 276 g/mol. The van der Waals surface area contributed by atoms with Crippen molar-refractivity contribution in [2.24, 2.45) is 16.9 Å². The molecule has 1 atom stereocenters. The number of benzene rings is 1. The molecule has 20 heavy (non-hydrogen) atoms. The SMILES string of the molecule is COc1ccc([CH]C(C)(CCN)CCCC(=N)N)cc1. The monoisotopic (exact) mass is 276 g/mol. The van der Waals surface area contributed by atoms with Crippen LogP contribution in [-0.4, -0.2) is 19.5 Å². The van der Waals surface area contributed by atoms with Crippen molar-refractivity contribution in [1.82, 2.24) is 0 Å². The molecule has 5 N–H and O–H groups in total. The van der Waals surface area contributed by atoms with Crippen LogP contribution in [0.25, 0.3) is 0 Å². The van der Waals surface area contributed by atoms with Crippen LogP contribution in [0.15, 0.2) is 24.3 Å². The first-order chi connectivity index (χ1) is 9.49. The van der Waals surface area contributed by atoms with E-state index >= 15 is 0 Å². The van der Waals surface area contributed by atoms with Crippen molar-refractivity contribution in [3.8, 4) is 5.75 Å². The van der Waals surface area contributed by atoms with Gasteiger partial charge in [-0.05, 0) is 55.3 Å². The molecule has 0 saturated carbocycles. The van der Waals surface area contributed by atoms with Crippen molar-refractivity contribution in [3.63, 3.8) is 0 Å². The Balaban J connectivity index is 2.65. The quantitative estimate of drug-likeness (QED) is 0.479. The second-order valence-corrected chi connectivity index (χ2v) is 5.49. The topological polar surface area (TPSA) is 85.1 Å². The van der Waals surface area contributed by atoms with Gasteiger partial charge in [-0.2, -0.15) is 0 Å². The normalized spacial score (nSPS) is 13.8. The minimum absolute atomic E-state index is 0.0405.